The summed E-state index contributed by atoms with van der Waals surface area (Å²) in [6.07, 6.45) is 2.64. The molecule has 2 atom stereocenters. The van der Waals surface area contributed by atoms with Crippen molar-refractivity contribution < 1.29 is 4.39 Å². The summed E-state index contributed by atoms with van der Waals surface area (Å²) in [4.78, 5) is 6.66. The molecule has 0 spiro atoms. The van der Waals surface area contributed by atoms with Crippen LogP contribution in [-0.2, 0) is 6.42 Å². The molecule has 1 aromatic heterocycles. The smallest absolute Gasteiger partial charge is 0.245 e. The first kappa shape index (κ1) is 14.0. The highest BCUT2D eigenvalue weighted by molar-refractivity contribution is 5.33. The highest BCUT2D eigenvalue weighted by atomic mass is 19.1. The molecule has 21 heavy (non-hydrogen) atoms. The average Bonchev–Trinajstić information content (AvgIpc) is 2.90. The van der Waals surface area contributed by atoms with E-state index in [9.17, 15) is 4.39 Å². The molecule has 0 bridgehead atoms. The van der Waals surface area contributed by atoms with Crippen LogP contribution in [0.5, 0.6) is 0 Å². The van der Waals surface area contributed by atoms with Crippen LogP contribution in [-0.4, -0.2) is 33.8 Å². The zero-order valence-electron chi connectivity index (χ0n) is 12.1. The lowest BCUT2D eigenvalue weighted by atomic mass is 9.99. The number of H-pyrrole nitrogens is 1. The van der Waals surface area contributed by atoms with Crippen molar-refractivity contribution in [2.45, 2.75) is 38.3 Å². The number of nitrogens with two attached hydrogens (primary N) is 1. The Hall–Kier alpha value is -1.95. The third-order valence-electron chi connectivity index (χ3n) is 4.09. The largest absolute Gasteiger partial charge is 0.335 e. The first-order chi connectivity index (χ1) is 10.1. The van der Waals surface area contributed by atoms with Gasteiger partial charge in [0.2, 0.25) is 5.95 Å². The minimum atomic E-state index is -0.233. The molecule has 2 heterocycles. The molecule has 1 saturated heterocycles. The minimum Gasteiger partial charge on any atom is -0.335 e. The Morgan fingerprint density at radius 2 is 2.33 bits per heavy atom. The monoisotopic (exact) mass is 289 g/mol. The van der Waals surface area contributed by atoms with E-state index in [4.69, 9.17) is 5.73 Å². The van der Waals surface area contributed by atoms with Gasteiger partial charge in [0.15, 0.2) is 0 Å². The number of anilines is 1. The maximum Gasteiger partial charge on any atom is 0.245 e. The molecule has 3 N–H and O–H groups in total. The lowest BCUT2D eigenvalue weighted by Gasteiger charge is -2.36. The molecule has 0 amide bonds. The van der Waals surface area contributed by atoms with E-state index >= 15 is 0 Å². The number of hydrogen-bond acceptors (Lipinski definition) is 4. The Balaban J connectivity index is 1.74. The quantitative estimate of drug-likeness (QED) is 0.904. The Bertz CT molecular complexity index is 612. The van der Waals surface area contributed by atoms with Crippen molar-refractivity contribution in [1.29, 1.82) is 0 Å². The molecule has 2 aromatic rings. The fraction of sp³-hybridized carbons (Fsp3) is 0.467. The summed E-state index contributed by atoms with van der Waals surface area (Å²) >= 11 is 0. The molecular weight excluding hydrogens is 269 g/mol. The van der Waals surface area contributed by atoms with Gasteiger partial charge in [-0.2, -0.15) is 4.98 Å². The molecular formula is C15H20FN5. The van der Waals surface area contributed by atoms with E-state index in [-0.39, 0.29) is 17.9 Å². The van der Waals surface area contributed by atoms with Crippen LogP contribution >= 0.6 is 0 Å². The molecule has 2 unspecified atom stereocenters. The van der Waals surface area contributed by atoms with Crippen molar-refractivity contribution >= 4 is 5.95 Å². The summed E-state index contributed by atoms with van der Waals surface area (Å²) in [5.41, 5.74) is 6.98. The van der Waals surface area contributed by atoms with E-state index in [0.717, 1.165) is 30.8 Å². The van der Waals surface area contributed by atoms with Gasteiger partial charge < -0.3 is 10.6 Å². The Kier molecular flexibility index (Phi) is 3.88. The molecule has 3 rings (SSSR count). The summed E-state index contributed by atoms with van der Waals surface area (Å²) in [5, 5.41) is 7.22. The Morgan fingerprint density at radius 1 is 1.48 bits per heavy atom. The standard InChI is InChI=1S/C15H20FN5/c1-10-13(17)6-3-7-21(10)15-18-14(19-20-15)9-11-4-2-5-12(16)8-11/h2,4-5,8,10,13H,3,6-7,9,17H2,1H3,(H,18,19,20). The number of benzene rings is 1. The zero-order chi connectivity index (χ0) is 14.8. The minimum absolute atomic E-state index is 0.156. The summed E-state index contributed by atoms with van der Waals surface area (Å²) in [6, 6.07) is 6.92. The number of piperidine rings is 1. The van der Waals surface area contributed by atoms with Crippen LogP contribution in [0.15, 0.2) is 24.3 Å². The van der Waals surface area contributed by atoms with Crippen molar-refractivity contribution in [2.75, 3.05) is 11.4 Å². The third kappa shape index (κ3) is 3.05. The maximum atomic E-state index is 13.2. The molecule has 1 aromatic carbocycles. The summed E-state index contributed by atoms with van der Waals surface area (Å²) in [7, 11) is 0. The van der Waals surface area contributed by atoms with Crippen LogP contribution in [0.1, 0.15) is 31.2 Å². The third-order valence-corrected chi connectivity index (χ3v) is 4.09. The van der Waals surface area contributed by atoms with Gasteiger partial charge in [0.1, 0.15) is 11.6 Å². The first-order valence-electron chi connectivity index (χ1n) is 7.31. The second-order valence-corrected chi connectivity index (χ2v) is 5.63. The Morgan fingerprint density at radius 3 is 3.14 bits per heavy atom. The van der Waals surface area contributed by atoms with Crippen molar-refractivity contribution in [3.8, 4) is 0 Å². The lowest BCUT2D eigenvalue weighted by Crippen LogP contribution is -2.50. The van der Waals surface area contributed by atoms with Crippen molar-refractivity contribution in [3.05, 3.63) is 41.5 Å². The van der Waals surface area contributed by atoms with Gasteiger partial charge in [-0.15, -0.1) is 5.10 Å². The predicted octanol–water partition coefficient (Wildman–Crippen LogP) is 1.85. The van der Waals surface area contributed by atoms with E-state index in [1.54, 1.807) is 6.07 Å². The SMILES string of the molecule is CC1C(N)CCCN1c1n[nH]c(Cc2cccc(F)c2)n1. The van der Waals surface area contributed by atoms with E-state index < -0.39 is 0 Å². The fourth-order valence-electron chi connectivity index (χ4n) is 2.79. The number of aromatic nitrogens is 3. The lowest BCUT2D eigenvalue weighted by molar-refractivity contribution is 0.416. The van der Waals surface area contributed by atoms with Gasteiger partial charge in [-0.3, -0.25) is 5.10 Å². The molecule has 0 saturated carbocycles. The van der Waals surface area contributed by atoms with Crippen LogP contribution in [0, 0.1) is 5.82 Å². The van der Waals surface area contributed by atoms with Crippen LogP contribution in [0.25, 0.3) is 0 Å². The van der Waals surface area contributed by atoms with Gasteiger partial charge in [-0.25, -0.2) is 4.39 Å². The molecule has 1 aliphatic rings. The first-order valence-corrected chi connectivity index (χ1v) is 7.31. The van der Waals surface area contributed by atoms with E-state index in [2.05, 4.69) is 27.0 Å². The molecule has 5 nitrogen and oxygen atoms in total. The van der Waals surface area contributed by atoms with E-state index in [1.165, 1.54) is 12.1 Å². The molecule has 0 radical (unpaired) electrons. The number of aromatic amines is 1. The van der Waals surface area contributed by atoms with E-state index in [0.29, 0.717) is 12.4 Å². The van der Waals surface area contributed by atoms with E-state index in [1.807, 2.05) is 6.07 Å². The maximum absolute atomic E-state index is 13.2. The predicted molar refractivity (Wildman–Crippen MR) is 79.6 cm³/mol. The van der Waals surface area contributed by atoms with Crippen LogP contribution in [0.4, 0.5) is 10.3 Å². The van der Waals surface area contributed by atoms with Gasteiger partial charge >= 0.3 is 0 Å². The number of nitrogens with one attached hydrogen (secondary N) is 1. The molecule has 1 fully saturated rings. The topological polar surface area (TPSA) is 70.8 Å². The van der Waals surface area contributed by atoms with Gasteiger partial charge in [0.05, 0.1) is 0 Å². The van der Waals surface area contributed by atoms with Crippen LogP contribution in [0.3, 0.4) is 0 Å². The summed E-state index contributed by atoms with van der Waals surface area (Å²) < 4.78 is 13.2. The van der Waals surface area contributed by atoms with Gasteiger partial charge in [0.25, 0.3) is 0 Å². The summed E-state index contributed by atoms with van der Waals surface area (Å²) in [6.45, 7) is 3.03. The number of halogens is 1. The van der Waals surface area contributed by atoms with Gasteiger partial charge in [-0.05, 0) is 37.5 Å². The van der Waals surface area contributed by atoms with Gasteiger partial charge in [-0.1, -0.05) is 12.1 Å². The zero-order valence-corrected chi connectivity index (χ0v) is 12.1. The second-order valence-electron chi connectivity index (χ2n) is 5.63. The molecule has 0 aliphatic carbocycles. The van der Waals surface area contributed by atoms with Crippen molar-refractivity contribution in [2.24, 2.45) is 5.73 Å². The number of nitrogens with zero attached hydrogens (tertiary/aromatic N) is 3. The number of rotatable bonds is 3. The van der Waals surface area contributed by atoms with Crippen LogP contribution < -0.4 is 10.6 Å². The van der Waals surface area contributed by atoms with Crippen molar-refractivity contribution in [3.63, 3.8) is 0 Å². The molecule has 112 valence electrons. The van der Waals surface area contributed by atoms with Gasteiger partial charge in [0, 0.05) is 25.0 Å². The highest BCUT2D eigenvalue weighted by Gasteiger charge is 2.27. The highest BCUT2D eigenvalue weighted by Crippen LogP contribution is 2.21. The Labute approximate surface area is 123 Å². The fourth-order valence-corrected chi connectivity index (χ4v) is 2.79. The molecule has 1 aliphatic heterocycles. The van der Waals surface area contributed by atoms with Crippen LogP contribution in [0.2, 0.25) is 0 Å². The molecule has 6 heteroatoms. The normalized spacial score (nSPS) is 22.5. The summed E-state index contributed by atoms with van der Waals surface area (Å²) in [5.74, 6) is 1.19. The second kappa shape index (κ2) is 5.81. The number of hydrogen-bond donors (Lipinski definition) is 2. The van der Waals surface area contributed by atoms with Crippen molar-refractivity contribution in [1.82, 2.24) is 15.2 Å². The average molecular weight is 289 g/mol.